The Hall–Kier alpha value is -0.383. The van der Waals surface area contributed by atoms with Crippen LogP contribution in [0.15, 0.2) is 24.3 Å². The van der Waals surface area contributed by atoms with Crippen LogP contribution in [0, 0.1) is 11.8 Å². The minimum Gasteiger partial charge on any atom is -0.413 e. The first-order valence-corrected chi connectivity index (χ1v) is 10.9. The van der Waals surface area contributed by atoms with Crippen LogP contribution in [0.2, 0.25) is 18.1 Å². The predicted molar refractivity (Wildman–Crippen MR) is 98.2 cm³/mol. The van der Waals surface area contributed by atoms with E-state index in [4.69, 9.17) is 9.53 Å². The molecule has 0 atom stereocenters. The lowest BCUT2D eigenvalue weighted by Gasteiger charge is -2.35. The molecular formula is C18H38O2Si. The van der Waals surface area contributed by atoms with E-state index in [9.17, 15) is 0 Å². The molecule has 2 nitrogen and oxygen atoms in total. The molecule has 0 unspecified atom stereocenters. The van der Waals surface area contributed by atoms with Crippen molar-refractivity contribution in [3.63, 3.8) is 0 Å². The van der Waals surface area contributed by atoms with Crippen LogP contribution in [0.3, 0.4) is 0 Å². The Morgan fingerprint density at radius 3 is 1.67 bits per heavy atom. The summed E-state index contributed by atoms with van der Waals surface area (Å²) in [5.41, 5.74) is 0. The average molecular weight is 315 g/mol. The van der Waals surface area contributed by atoms with E-state index >= 15 is 0 Å². The summed E-state index contributed by atoms with van der Waals surface area (Å²) < 4.78 is 6.00. The molecule has 0 heterocycles. The van der Waals surface area contributed by atoms with E-state index < -0.39 is 8.32 Å². The summed E-state index contributed by atoms with van der Waals surface area (Å²) in [5.74, 6) is 1.19. The third-order valence-electron chi connectivity index (χ3n) is 3.49. The van der Waals surface area contributed by atoms with Crippen molar-refractivity contribution >= 4 is 8.32 Å². The van der Waals surface area contributed by atoms with Gasteiger partial charge < -0.3 is 9.53 Å². The van der Waals surface area contributed by atoms with Crippen LogP contribution in [0.5, 0.6) is 0 Å². The van der Waals surface area contributed by atoms with Gasteiger partial charge in [0.05, 0.1) is 13.2 Å². The van der Waals surface area contributed by atoms with Crippen LogP contribution in [0.4, 0.5) is 0 Å². The van der Waals surface area contributed by atoms with Crippen molar-refractivity contribution in [2.75, 3.05) is 13.2 Å². The van der Waals surface area contributed by atoms with E-state index in [0.29, 0.717) is 16.9 Å². The van der Waals surface area contributed by atoms with E-state index in [1.807, 2.05) is 6.08 Å². The van der Waals surface area contributed by atoms with Gasteiger partial charge in [-0.2, -0.15) is 0 Å². The van der Waals surface area contributed by atoms with Crippen molar-refractivity contribution in [1.29, 1.82) is 0 Å². The molecule has 0 aliphatic rings. The Labute approximate surface area is 134 Å². The van der Waals surface area contributed by atoms with Gasteiger partial charge >= 0.3 is 0 Å². The molecule has 0 fully saturated rings. The van der Waals surface area contributed by atoms with Crippen molar-refractivity contribution in [3.8, 4) is 0 Å². The highest BCUT2D eigenvalue weighted by atomic mass is 28.4. The van der Waals surface area contributed by atoms with E-state index in [1.165, 1.54) is 0 Å². The summed E-state index contributed by atoms with van der Waals surface area (Å²) in [6, 6.07) is 0. The zero-order valence-electron chi connectivity index (χ0n) is 15.7. The maximum Gasteiger partial charge on any atom is 0.192 e. The SMILES string of the molecule is CC(C)/C=C\CO.CC(C)/C=C\CO[Si](C)(C)C(C)(C)C. The minimum absolute atomic E-state index is 0.165. The Kier molecular flexibility index (Phi) is 12.2. The monoisotopic (exact) mass is 314 g/mol. The zero-order valence-corrected chi connectivity index (χ0v) is 16.7. The Morgan fingerprint density at radius 2 is 1.38 bits per heavy atom. The molecule has 0 aliphatic carbocycles. The van der Waals surface area contributed by atoms with Crippen molar-refractivity contribution in [2.45, 2.75) is 66.6 Å². The van der Waals surface area contributed by atoms with E-state index in [0.717, 1.165) is 6.61 Å². The molecule has 126 valence electrons. The summed E-state index contributed by atoms with van der Waals surface area (Å²) in [5, 5.41) is 8.55. The molecule has 0 radical (unpaired) electrons. The summed E-state index contributed by atoms with van der Waals surface area (Å²) >= 11 is 0. The van der Waals surface area contributed by atoms with E-state index in [2.05, 4.69) is 73.7 Å². The second-order valence-electron chi connectivity index (χ2n) is 7.60. The fraction of sp³-hybridized carbons (Fsp3) is 0.778. The van der Waals surface area contributed by atoms with E-state index in [1.54, 1.807) is 6.08 Å². The Morgan fingerprint density at radius 1 is 0.952 bits per heavy atom. The first-order chi connectivity index (χ1) is 9.44. The molecule has 0 aromatic heterocycles. The molecule has 0 saturated carbocycles. The predicted octanol–water partition coefficient (Wildman–Crippen LogP) is 5.41. The molecule has 0 saturated heterocycles. The van der Waals surface area contributed by atoms with Gasteiger partial charge in [-0.3, -0.25) is 0 Å². The van der Waals surface area contributed by atoms with Gasteiger partial charge in [0.1, 0.15) is 0 Å². The van der Waals surface area contributed by atoms with Crippen LogP contribution < -0.4 is 0 Å². The van der Waals surface area contributed by atoms with Crippen molar-refractivity contribution in [2.24, 2.45) is 11.8 Å². The van der Waals surface area contributed by atoms with Crippen LogP contribution >= 0.6 is 0 Å². The standard InChI is InChI=1S/C12H26OSi.C6H12O/c1-11(2)9-8-10-13-14(6,7)12(3,4)5;1-6(2)4-3-5-7/h8-9,11H,10H2,1-7H3;3-4,6-7H,5H2,1-2H3/b9-8-;4-3-. The first kappa shape index (κ1) is 22.9. The van der Waals surface area contributed by atoms with Gasteiger partial charge in [0.15, 0.2) is 8.32 Å². The van der Waals surface area contributed by atoms with Gasteiger partial charge in [0, 0.05) is 0 Å². The Balaban J connectivity index is 0. The lowest BCUT2D eigenvalue weighted by atomic mass is 10.2. The normalized spacial score (nSPS) is 13.3. The molecule has 0 amide bonds. The molecule has 0 rings (SSSR count). The first-order valence-electron chi connectivity index (χ1n) is 8.02. The van der Waals surface area contributed by atoms with Gasteiger partial charge in [-0.1, -0.05) is 72.8 Å². The largest absolute Gasteiger partial charge is 0.413 e. The van der Waals surface area contributed by atoms with Crippen LogP contribution in [-0.4, -0.2) is 26.6 Å². The zero-order chi connectivity index (χ0) is 17.1. The summed E-state index contributed by atoms with van der Waals surface area (Å²) in [4.78, 5) is 0. The molecule has 0 aliphatic heterocycles. The number of aliphatic hydroxyl groups excluding tert-OH is 1. The number of allylic oxidation sites excluding steroid dienone is 2. The van der Waals surface area contributed by atoms with Crippen LogP contribution in [0.1, 0.15) is 48.5 Å². The van der Waals surface area contributed by atoms with Gasteiger partial charge in [-0.15, -0.1) is 0 Å². The third-order valence-corrected chi connectivity index (χ3v) is 7.99. The maximum absolute atomic E-state index is 8.23. The van der Waals surface area contributed by atoms with Crippen molar-refractivity contribution in [3.05, 3.63) is 24.3 Å². The van der Waals surface area contributed by atoms with Gasteiger partial charge in [0.25, 0.3) is 0 Å². The fourth-order valence-electron chi connectivity index (χ4n) is 1.13. The fourth-order valence-corrected chi connectivity index (χ4v) is 2.08. The lowest BCUT2D eigenvalue weighted by molar-refractivity contribution is 0.327. The maximum atomic E-state index is 8.23. The topological polar surface area (TPSA) is 29.5 Å². The summed E-state index contributed by atoms with van der Waals surface area (Å²) in [7, 11) is -1.53. The molecule has 1 N–H and O–H groups in total. The summed E-state index contributed by atoms with van der Waals surface area (Å²) in [6.07, 6.45) is 8.07. The minimum atomic E-state index is -1.53. The molecular weight excluding hydrogens is 276 g/mol. The van der Waals surface area contributed by atoms with Crippen molar-refractivity contribution < 1.29 is 9.53 Å². The van der Waals surface area contributed by atoms with E-state index in [-0.39, 0.29) is 6.61 Å². The highest BCUT2D eigenvalue weighted by Gasteiger charge is 2.36. The lowest BCUT2D eigenvalue weighted by Crippen LogP contribution is -2.40. The number of hydrogen-bond acceptors (Lipinski definition) is 2. The third kappa shape index (κ3) is 14.3. The van der Waals surface area contributed by atoms with Crippen LogP contribution in [0.25, 0.3) is 0 Å². The number of aliphatic hydroxyl groups is 1. The van der Waals surface area contributed by atoms with Crippen LogP contribution in [-0.2, 0) is 4.43 Å². The van der Waals surface area contributed by atoms with Crippen molar-refractivity contribution in [1.82, 2.24) is 0 Å². The molecule has 0 spiro atoms. The molecule has 21 heavy (non-hydrogen) atoms. The Bertz CT molecular complexity index is 297. The van der Waals surface area contributed by atoms with Gasteiger partial charge in [-0.05, 0) is 30.0 Å². The number of rotatable bonds is 6. The second-order valence-corrected chi connectivity index (χ2v) is 12.4. The molecule has 0 aromatic carbocycles. The quantitative estimate of drug-likeness (QED) is 0.524. The number of hydrogen-bond donors (Lipinski definition) is 1. The highest BCUT2D eigenvalue weighted by Crippen LogP contribution is 2.36. The second kappa shape index (κ2) is 11.2. The van der Waals surface area contributed by atoms with Gasteiger partial charge in [-0.25, -0.2) is 0 Å². The van der Waals surface area contributed by atoms with Gasteiger partial charge in [0.2, 0.25) is 0 Å². The molecule has 0 aromatic rings. The average Bonchev–Trinajstić information content (AvgIpc) is 2.31. The smallest absolute Gasteiger partial charge is 0.192 e. The molecule has 3 heteroatoms. The highest BCUT2D eigenvalue weighted by molar-refractivity contribution is 6.74. The molecule has 0 bridgehead atoms. The summed E-state index contributed by atoms with van der Waals surface area (Å²) in [6.45, 7) is 20.8.